The number of hydrogen-bond donors (Lipinski definition) is 1. The van der Waals surface area contributed by atoms with E-state index in [-0.39, 0.29) is 12.5 Å². The minimum absolute atomic E-state index is 0.259. The number of carbonyl (C=O) groups excluding carboxylic acids is 2. The summed E-state index contributed by atoms with van der Waals surface area (Å²) in [7, 11) is 0. The highest BCUT2D eigenvalue weighted by Crippen LogP contribution is 2.25. The molecule has 0 spiro atoms. The highest BCUT2D eigenvalue weighted by atomic mass is 35.5. The number of esters is 1. The monoisotopic (exact) mass is 354 g/mol. The fourth-order valence-corrected chi connectivity index (χ4v) is 2.77. The lowest BCUT2D eigenvalue weighted by atomic mass is 10.1. The van der Waals surface area contributed by atoms with E-state index in [9.17, 15) is 9.59 Å². The fraction of sp³-hybridized carbons (Fsp3) is 0.0588. The normalized spacial score (nSPS) is 12.6. The van der Waals surface area contributed by atoms with Crippen molar-refractivity contribution >= 4 is 29.2 Å². The molecule has 2 heterocycles. The van der Waals surface area contributed by atoms with E-state index in [1.807, 2.05) is 0 Å². The predicted molar refractivity (Wildman–Crippen MR) is 89.9 cm³/mol. The van der Waals surface area contributed by atoms with Gasteiger partial charge in [0.2, 0.25) is 0 Å². The summed E-state index contributed by atoms with van der Waals surface area (Å²) in [5.74, 6) is -0.773. The lowest BCUT2D eigenvalue weighted by Crippen LogP contribution is -2.13. The maximum absolute atomic E-state index is 12.6. The molecule has 0 saturated heterocycles. The van der Waals surface area contributed by atoms with Gasteiger partial charge in [0.15, 0.2) is 0 Å². The van der Waals surface area contributed by atoms with Crippen LogP contribution in [0, 0.1) is 0 Å². The van der Waals surface area contributed by atoms with Crippen molar-refractivity contribution in [3.63, 3.8) is 0 Å². The van der Waals surface area contributed by atoms with Crippen LogP contribution in [0.1, 0.15) is 26.3 Å². The second-order valence-electron chi connectivity index (χ2n) is 5.44. The zero-order valence-corrected chi connectivity index (χ0v) is 13.5. The Hall–Kier alpha value is -3.19. The Labute approximate surface area is 147 Å². The summed E-state index contributed by atoms with van der Waals surface area (Å²) < 4.78 is 6.62. The van der Waals surface area contributed by atoms with E-state index in [0.717, 1.165) is 5.56 Å². The number of halogens is 1. The van der Waals surface area contributed by atoms with Crippen molar-refractivity contribution in [2.45, 2.75) is 6.61 Å². The molecule has 0 unspecified atom stereocenters. The van der Waals surface area contributed by atoms with Crippen molar-refractivity contribution < 1.29 is 14.3 Å². The lowest BCUT2D eigenvalue weighted by molar-refractivity contribution is 0.0535. The van der Waals surface area contributed by atoms with Gasteiger partial charge in [-0.2, -0.15) is 0 Å². The second-order valence-corrected chi connectivity index (χ2v) is 5.84. The Balaban J connectivity index is 1.62. The molecule has 1 N–H and O–H groups in total. The first-order valence-corrected chi connectivity index (χ1v) is 7.75. The quantitative estimate of drug-likeness (QED) is 0.731. The third kappa shape index (κ3) is 2.85. The molecule has 1 aromatic heterocycles. The lowest BCUT2D eigenvalue weighted by Gasteiger charge is -2.09. The molecule has 4 rings (SSSR count). The summed E-state index contributed by atoms with van der Waals surface area (Å²) in [6, 6.07) is 10.1. The number of aromatic nitrogens is 3. The first kappa shape index (κ1) is 15.3. The minimum atomic E-state index is -0.390. The van der Waals surface area contributed by atoms with Crippen molar-refractivity contribution in [1.82, 2.24) is 14.8 Å². The van der Waals surface area contributed by atoms with Crippen molar-refractivity contribution in [2.75, 3.05) is 5.32 Å². The van der Waals surface area contributed by atoms with Gasteiger partial charge in [0.1, 0.15) is 19.3 Å². The highest BCUT2D eigenvalue weighted by Gasteiger charge is 2.22. The molecule has 25 heavy (non-hydrogen) atoms. The van der Waals surface area contributed by atoms with Gasteiger partial charge >= 0.3 is 5.97 Å². The number of cyclic esters (lactones) is 1. The number of benzene rings is 2. The van der Waals surface area contributed by atoms with Crippen molar-refractivity contribution in [1.29, 1.82) is 0 Å². The molecule has 2 aromatic carbocycles. The van der Waals surface area contributed by atoms with Crippen LogP contribution in [-0.4, -0.2) is 26.6 Å². The molecule has 7 nitrogen and oxygen atoms in total. The average Bonchev–Trinajstić information content (AvgIpc) is 3.26. The topological polar surface area (TPSA) is 86.1 Å². The van der Waals surface area contributed by atoms with E-state index in [0.29, 0.717) is 27.5 Å². The standard InChI is InChI=1S/C17H11ClN4O3/c18-15-4-3-12(22-8-19-20-9-22)6-14(15)16(23)21-11-2-1-10-7-25-17(24)13(10)5-11/h1-6,8-9H,7H2,(H,21,23). The van der Waals surface area contributed by atoms with Gasteiger partial charge in [0.05, 0.1) is 16.1 Å². The van der Waals surface area contributed by atoms with Gasteiger partial charge in [-0.15, -0.1) is 10.2 Å². The second kappa shape index (κ2) is 6.03. The molecule has 0 radical (unpaired) electrons. The van der Waals surface area contributed by atoms with Crippen LogP contribution in [0.15, 0.2) is 49.1 Å². The maximum Gasteiger partial charge on any atom is 0.338 e. The van der Waals surface area contributed by atoms with Gasteiger partial charge in [-0.1, -0.05) is 17.7 Å². The zero-order valence-electron chi connectivity index (χ0n) is 12.8. The number of anilines is 1. The molecule has 3 aromatic rings. The Kier molecular flexibility index (Phi) is 3.70. The number of nitrogens with one attached hydrogen (secondary N) is 1. The summed E-state index contributed by atoms with van der Waals surface area (Å²) in [4.78, 5) is 24.2. The Morgan fingerprint density at radius 2 is 1.96 bits per heavy atom. The van der Waals surface area contributed by atoms with Crippen LogP contribution in [-0.2, 0) is 11.3 Å². The number of carbonyl (C=O) groups is 2. The smallest absolute Gasteiger partial charge is 0.338 e. The van der Waals surface area contributed by atoms with Gasteiger partial charge < -0.3 is 10.1 Å². The summed E-state index contributed by atoms with van der Waals surface area (Å²) in [6.07, 6.45) is 3.05. The Bertz CT molecular complexity index is 986. The van der Waals surface area contributed by atoms with Gasteiger partial charge in [-0.05, 0) is 30.3 Å². The van der Waals surface area contributed by atoms with Gasteiger partial charge in [-0.25, -0.2) is 4.79 Å². The highest BCUT2D eigenvalue weighted by molar-refractivity contribution is 6.34. The van der Waals surface area contributed by atoms with E-state index in [1.165, 1.54) is 12.7 Å². The van der Waals surface area contributed by atoms with Crippen molar-refractivity contribution in [3.8, 4) is 5.69 Å². The van der Waals surface area contributed by atoms with Crippen LogP contribution < -0.4 is 5.32 Å². The average molecular weight is 355 g/mol. The predicted octanol–water partition coefficient (Wildman–Crippen LogP) is 2.84. The summed E-state index contributed by atoms with van der Waals surface area (Å²) in [6.45, 7) is 0.259. The van der Waals surface area contributed by atoms with Crippen LogP contribution in [0.4, 0.5) is 5.69 Å². The van der Waals surface area contributed by atoms with Crippen LogP contribution >= 0.6 is 11.6 Å². The van der Waals surface area contributed by atoms with Crippen LogP contribution in [0.2, 0.25) is 5.02 Å². The maximum atomic E-state index is 12.6. The minimum Gasteiger partial charge on any atom is -0.457 e. The molecular weight excluding hydrogens is 344 g/mol. The number of amides is 1. The number of nitrogens with zero attached hydrogens (tertiary/aromatic N) is 3. The van der Waals surface area contributed by atoms with E-state index >= 15 is 0 Å². The van der Waals surface area contributed by atoms with Gasteiger partial charge in [0.25, 0.3) is 5.91 Å². The number of rotatable bonds is 3. The molecule has 0 aliphatic carbocycles. The van der Waals surface area contributed by atoms with E-state index in [1.54, 1.807) is 41.0 Å². The third-order valence-corrected chi connectivity index (χ3v) is 4.19. The first-order valence-electron chi connectivity index (χ1n) is 7.38. The summed E-state index contributed by atoms with van der Waals surface area (Å²) in [5.41, 5.74) is 2.76. The molecule has 124 valence electrons. The number of ether oxygens (including phenoxy) is 1. The number of fused-ring (bicyclic) bond motifs is 1. The molecule has 0 fully saturated rings. The molecule has 1 aliphatic heterocycles. The van der Waals surface area contributed by atoms with Crippen LogP contribution in [0.3, 0.4) is 0 Å². The Morgan fingerprint density at radius 3 is 2.76 bits per heavy atom. The van der Waals surface area contributed by atoms with E-state index in [4.69, 9.17) is 16.3 Å². The van der Waals surface area contributed by atoms with Crippen LogP contribution in [0.5, 0.6) is 0 Å². The van der Waals surface area contributed by atoms with Gasteiger partial charge in [-0.3, -0.25) is 9.36 Å². The van der Waals surface area contributed by atoms with E-state index < -0.39 is 5.97 Å². The molecule has 1 amide bonds. The fourth-order valence-electron chi connectivity index (χ4n) is 2.57. The van der Waals surface area contributed by atoms with Crippen molar-refractivity contribution in [3.05, 3.63) is 70.8 Å². The Morgan fingerprint density at radius 1 is 1.16 bits per heavy atom. The third-order valence-electron chi connectivity index (χ3n) is 3.86. The first-order chi connectivity index (χ1) is 12.1. The zero-order chi connectivity index (χ0) is 17.4. The SMILES string of the molecule is O=C(Nc1ccc2c(c1)C(=O)OC2)c1cc(-n2cnnc2)ccc1Cl. The summed E-state index contributed by atoms with van der Waals surface area (Å²) >= 11 is 6.16. The van der Waals surface area contributed by atoms with Crippen molar-refractivity contribution in [2.24, 2.45) is 0 Å². The molecule has 0 bridgehead atoms. The molecule has 0 atom stereocenters. The molecule has 0 saturated carbocycles. The van der Waals surface area contributed by atoms with Crippen LogP contribution in [0.25, 0.3) is 5.69 Å². The van der Waals surface area contributed by atoms with Gasteiger partial charge in [0, 0.05) is 16.9 Å². The molecule has 1 aliphatic rings. The summed E-state index contributed by atoms with van der Waals surface area (Å²) in [5, 5.41) is 10.5. The van der Waals surface area contributed by atoms with E-state index in [2.05, 4.69) is 15.5 Å². The molecular formula is C17H11ClN4O3. The molecule has 8 heteroatoms. The largest absolute Gasteiger partial charge is 0.457 e. The number of hydrogen-bond acceptors (Lipinski definition) is 5.